The number of aromatic amines is 2. The molecule has 1 aromatic carbocycles. The number of hydrogen-bond acceptors (Lipinski definition) is 7. The van der Waals surface area contributed by atoms with Gasteiger partial charge in [0, 0.05) is 44.1 Å². The summed E-state index contributed by atoms with van der Waals surface area (Å²) in [6, 6.07) is 7.29. The molecule has 0 atom stereocenters. The maximum atomic E-state index is 12.9. The van der Waals surface area contributed by atoms with Crippen molar-refractivity contribution in [3.05, 3.63) is 47.8 Å². The zero-order chi connectivity index (χ0) is 22.9. The number of rotatable bonds is 5. The fourth-order valence-corrected chi connectivity index (χ4v) is 4.03. The first-order valence-corrected chi connectivity index (χ1v) is 11.5. The number of fused-ring (bicyclic) bond motifs is 2. The lowest BCUT2D eigenvalue weighted by Gasteiger charge is -2.32. The minimum atomic E-state index is -2.71. The van der Waals surface area contributed by atoms with Gasteiger partial charge in [0.15, 0.2) is 11.5 Å². The molecular weight excluding hydrogens is 444 g/mol. The van der Waals surface area contributed by atoms with Crippen LogP contribution in [0, 0.1) is 0 Å². The van der Waals surface area contributed by atoms with Gasteiger partial charge in [0.1, 0.15) is 5.69 Å². The van der Waals surface area contributed by atoms with E-state index in [0.29, 0.717) is 41.4 Å². The fraction of sp³-hybridized carbons (Fsp3) is 0.238. The molecule has 0 bridgehead atoms. The number of carbonyl (C=O) groups excluding carboxylic acids is 1. The molecule has 0 saturated carbocycles. The average Bonchev–Trinajstić information content (AvgIpc) is 3.42. The van der Waals surface area contributed by atoms with E-state index in [1.807, 2.05) is 23.1 Å². The Morgan fingerprint density at radius 1 is 1.18 bits per heavy atom. The van der Waals surface area contributed by atoms with Gasteiger partial charge >= 0.3 is 0 Å². The van der Waals surface area contributed by atoms with Crippen LogP contribution < -0.4 is 4.72 Å². The monoisotopic (exact) mass is 466 g/mol. The summed E-state index contributed by atoms with van der Waals surface area (Å²) in [5.74, 6) is 0.560. The predicted molar refractivity (Wildman–Crippen MR) is 125 cm³/mol. The Balaban J connectivity index is 1.45. The Bertz CT molecular complexity index is 1440. The van der Waals surface area contributed by atoms with E-state index in [1.54, 1.807) is 18.3 Å². The minimum absolute atomic E-state index is 0.0143. The van der Waals surface area contributed by atoms with Gasteiger partial charge in [0.25, 0.3) is 5.91 Å². The third-order valence-corrected chi connectivity index (χ3v) is 6.00. The zero-order valence-corrected chi connectivity index (χ0v) is 18.7. The van der Waals surface area contributed by atoms with Crippen LogP contribution in [-0.2, 0) is 10.9 Å². The van der Waals surface area contributed by atoms with Crippen molar-refractivity contribution < 1.29 is 13.2 Å². The third-order valence-electron chi connectivity index (χ3n) is 5.64. The lowest BCUT2D eigenvalue weighted by atomic mass is 10.1. The van der Waals surface area contributed by atoms with Crippen molar-refractivity contribution in [1.29, 1.82) is 0 Å². The molecule has 1 saturated heterocycles. The second-order valence-electron chi connectivity index (χ2n) is 7.87. The molecule has 5 rings (SSSR count). The Hall–Kier alpha value is -3.77. The van der Waals surface area contributed by atoms with E-state index in [1.165, 1.54) is 6.20 Å². The number of piperazine rings is 1. The number of nitrogens with one attached hydrogen (secondary N) is 3. The number of benzene rings is 1. The average molecular weight is 467 g/mol. The second-order valence-corrected chi connectivity index (χ2v) is 8.64. The van der Waals surface area contributed by atoms with Crippen molar-refractivity contribution in [2.45, 2.75) is 0 Å². The van der Waals surface area contributed by atoms with Crippen LogP contribution in [0.15, 0.2) is 36.7 Å². The number of pyridine rings is 1. The van der Waals surface area contributed by atoms with E-state index < -0.39 is 10.9 Å². The molecule has 0 aliphatic carbocycles. The Morgan fingerprint density at radius 2 is 2.00 bits per heavy atom. The summed E-state index contributed by atoms with van der Waals surface area (Å²) in [6.07, 6.45) is 4.53. The number of likely N-dealkylation sites (N-methyl/N-ethyl adjacent to an activating group) is 1. The van der Waals surface area contributed by atoms with Gasteiger partial charge in [-0.15, -0.1) is 0 Å². The first kappa shape index (κ1) is 21.1. The van der Waals surface area contributed by atoms with Gasteiger partial charge in [0.2, 0.25) is 10.9 Å². The van der Waals surface area contributed by atoms with Crippen molar-refractivity contribution in [2.24, 2.45) is 0 Å². The summed E-state index contributed by atoms with van der Waals surface area (Å²) in [4.78, 5) is 29.2. The Kier molecular flexibility index (Phi) is 5.52. The number of nitrogens with zero attached hydrogens (tertiary/aromatic N) is 5. The summed E-state index contributed by atoms with van der Waals surface area (Å²) >= 11 is 0. The summed E-state index contributed by atoms with van der Waals surface area (Å²) < 4.78 is 23.5. The first-order chi connectivity index (χ1) is 16.0. The van der Waals surface area contributed by atoms with E-state index in [9.17, 15) is 13.2 Å². The molecular formula is C21H22N8O3S. The maximum Gasteiger partial charge on any atom is 0.254 e. The molecule has 3 N–H and O–H groups in total. The van der Waals surface area contributed by atoms with Gasteiger partial charge in [-0.3, -0.25) is 14.6 Å². The van der Waals surface area contributed by atoms with Gasteiger partial charge in [0.05, 0.1) is 16.4 Å². The van der Waals surface area contributed by atoms with Gasteiger partial charge in [-0.2, -0.15) is 5.10 Å². The number of amides is 1. The predicted octanol–water partition coefficient (Wildman–Crippen LogP) is 0.975. The highest BCUT2D eigenvalue weighted by Crippen LogP contribution is 2.27. The number of aromatic nitrogens is 5. The minimum Gasteiger partial charge on any atom is -0.337 e. The van der Waals surface area contributed by atoms with Crippen molar-refractivity contribution in [3.63, 3.8) is 0 Å². The molecule has 1 amide bonds. The fourth-order valence-electron chi connectivity index (χ4n) is 3.83. The molecule has 3 aromatic heterocycles. The highest BCUT2D eigenvalue weighted by molar-refractivity contribution is 7.70. The SMILES string of the molecule is CN1CCN(C(=O)c2ccc3nc(-c4n[nH]c5ncc(C=CN[SH](=O)=O)cc45)[nH]c3c2)CC1. The van der Waals surface area contributed by atoms with E-state index in [-0.39, 0.29) is 5.91 Å². The largest absolute Gasteiger partial charge is 0.337 e. The molecule has 4 aromatic rings. The third kappa shape index (κ3) is 4.30. The standard InChI is InChI=1S/C21H22N8O3S/c1-28-6-8-29(9-7-28)21(30)14-2-3-16-17(11-14)25-20(24-16)18-15-10-13(4-5-23-33(31)32)12-22-19(15)27-26-18/h2-5,10-12,33H,6-9H2,1H3,(H,24,25)(H,22,26,27)(H,23,31,32). The number of hydrogen-bond donors (Lipinski definition) is 4. The summed E-state index contributed by atoms with van der Waals surface area (Å²) in [6.45, 7) is 3.16. The van der Waals surface area contributed by atoms with Crippen molar-refractivity contribution in [3.8, 4) is 11.5 Å². The van der Waals surface area contributed by atoms with Crippen LogP contribution >= 0.6 is 0 Å². The number of imidazole rings is 1. The van der Waals surface area contributed by atoms with Gasteiger partial charge in [-0.25, -0.2) is 18.4 Å². The second kappa shape index (κ2) is 8.64. The van der Waals surface area contributed by atoms with Crippen LogP contribution in [0.5, 0.6) is 0 Å². The van der Waals surface area contributed by atoms with Crippen molar-refractivity contribution in [1.82, 2.24) is 39.7 Å². The molecule has 11 nitrogen and oxygen atoms in total. The molecule has 170 valence electrons. The molecule has 0 spiro atoms. The molecule has 0 radical (unpaired) electrons. The lowest BCUT2D eigenvalue weighted by Crippen LogP contribution is -2.47. The van der Waals surface area contributed by atoms with Crippen LogP contribution in [0.2, 0.25) is 0 Å². The Labute approximate surface area is 190 Å². The van der Waals surface area contributed by atoms with Gasteiger partial charge in [-0.1, -0.05) is 0 Å². The summed E-state index contributed by atoms with van der Waals surface area (Å²) in [5, 5.41) is 7.97. The number of H-pyrrole nitrogens is 2. The van der Waals surface area contributed by atoms with Crippen LogP contribution in [0.3, 0.4) is 0 Å². The number of thiol groups is 1. The molecule has 1 aliphatic heterocycles. The highest BCUT2D eigenvalue weighted by atomic mass is 32.2. The molecule has 33 heavy (non-hydrogen) atoms. The quantitative estimate of drug-likeness (QED) is 0.321. The van der Waals surface area contributed by atoms with Crippen LogP contribution in [-0.4, -0.2) is 82.5 Å². The maximum absolute atomic E-state index is 12.9. The van der Waals surface area contributed by atoms with E-state index in [0.717, 1.165) is 29.5 Å². The van der Waals surface area contributed by atoms with E-state index >= 15 is 0 Å². The Morgan fingerprint density at radius 3 is 2.79 bits per heavy atom. The van der Waals surface area contributed by atoms with Crippen LogP contribution in [0.25, 0.3) is 39.7 Å². The van der Waals surface area contributed by atoms with Crippen LogP contribution in [0.4, 0.5) is 0 Å². The first-order valence-electron chi connectivity index (χ1n) is 10.4. The number of carbonyl (C=O) groups is 1. The molecule has 4 heterocycles. The van der Waals surface area contributed by atoms with E-state index in [4.69, 9.17) is 0 Å². The highest BCUT2D eigenvalue weighted by Gasteiger charge is 2.21. The summed E-state index contributed by atoms with van der Waals surface area (Å²) in [5.41, 5.74) is 3.95. The summed E-state index contributed by atoms with van der Waals surface area (Å²) in [7, 11) is -0.655. The molecule has 1 fully saturated rings. The van der Waals surface area contributed by atoms with E-state index in [2.05, 4.69) is 41.8 Å². The normalized spacial score (nSPS) is 15.3. The molecule has 1 aliphatic rings. The molecule has 12 heteroatoms. The zero-order valence-electron chi connectivity index (χ0n) is 17.8. The lowest BCUT2D eigenvalue weighted by molar-refractivity contribution is 0.0664. The van der Waals surface area contributed by atoms with Gasteiger partial charge < -0.3 is 14.8 Å². The molecule has 0 unspecified atom stereocenters. The van der Waals surface area contributed by atoms with Crippen LogP contribution in [0.1, 0.15) is 15.9 Å². The van der Waals surface area contributed by atoms with Crippen molar-refractivity contribution >= 4 is 44.9 Å². The van der Waals surface area contributed by atoms with Gasteiger partial charge in [-0.05, 0) is 43.0 Å². The topological polar surface area (TPSA) is 140 Å². The smallest absolute Gasteiger partial charge is 0.254 e. The van der Waals surface area contributed by atoms with Crippen molar-refractivity contribution in [2.75, 3.05) is 33.2 Å².